The second kappa shape index (κ2) is 10.1. The Labute approximate surface area is 154 Å². The number of nitrogen functional groups attached to an aromatic ring is 2. The van der Waals surface area contributed by atoms with Gasteiger partial charge in [-0.1, -0.05) is 37.1 Å². The third-order valence-corrected chi connectivity index (χ3v) is 4.09. The van der Waals surface area contributed by atoms with Crippen LogP contribution in [0.3, 0.4) is 0 Å². The van der Waals surface area contributed by atoms with Crippen molar-refractivity contribution in [1.29, 1.82) is 0 Å². The highest BCUT2D eigenvalue weighted by Crippen LogP contribution is 2.11. The Morgan fingerprint density at radius 2 is 1.04 bits per heavy atom. The number of hydrogen-bond donors (Lipinski definition) is 4. The van der Waals surface area contributed by atoms with Gasteiger partial charge in [0.05, 0.1) is 11.1 Å². The van der Waals surface area contributed by atoms with E-state index in [-0.39, 0.29) is 11.8 Å². The summed E-state index contributed by atoms with van der Waals surface area (Å²) in [6.45, 7) is 1.22. The average molecular weight is 354 g/mol. The zero-order valence-electron chi connectivity index (χ0n) is 14.8. The van der Waals surface area contributed by atoms with Crippen LogP contribution in [0.15, 0.2) is 48.5 Å². The molecule has 6 N–H and O–H groups in total. The maximum Gasteiger partial charge on any atom is 0.253 e. The molecule has 0 aliphatic rings. The Bertz CT molecular complexity index is 683. The molecule has 0 saturated heterocycles. The van der Waals surface area contributed by atoms with Crippen LogP contribution in [0, 0.1) is 0 Å². The number of rotatable bonds is 9. The molecule has 2 rings (SSSR count). The number of unbranched alkanes of at least 4 members (excludes halogenated alkanes) is 3. The molecule has 138 valence electrons. The van der Waals surface area contributed by atoms with E-state index < -0.39 is 0 Å². The first kappa shape index (κ1) is 19.3. The lowest BCUT2D eigenvalue weighted by Crippen LogP contribution is -2.26. The fourth-order valence-electron chi connectivity index (χ4n) is 2.61. The highest BCUT2D eigenvalue weighted by Gasteiger charge is 2.08. The number of anilines is 2. The van der Waals surface area contributed by atoms with E-state index in [0.29, 0.717) is 35.6 Å². The normalized spacial score (nSPS) is 10.3. The lowest BCUT2D eigenvalue weighted by Gasteiger charge is -2.08. The van der Waals surface area contributed by atoms with Gasteiger partial charge in [0.2, 0.25) is 0 Å². The summed E-state index contributed by atoms with van der Waals surface area (Å²) in [6.07, 6.45) is 3.73. The van der Waals surface area contributed by atoms with Crippen molar-refractivity contribution >= 4 is 23.2 Å². The topological polar surface area (TPSA) is 110 Å². The number of hydrogen-bond acceptors (Lipinski definition) is 4. The lowest BCUT2D eigenvalue weighted by atomic mass is 10.1. The minimum absolute atomic E-state index is 0.143. The highest BCUT2D eigenvalue weighted by atomic mass is 16.2. The molecule has 0 unspecified atom stereocenters. The van der Waals surface area contributed by atoms with E-state index in [2.05, 4.69) is 10.6 Å². The van der Waals surface area contributed by atoms with Gasteiger partial charge in [-0.15, -0.1) is 0 Å². The van der Waals surface area contributed by atoms with Gasteiger partial charge in [-0.2, -0.15) is 0 Å². The third kappa shape index (κ3) is 5.81. The standard InChI is InChI=1S/C20H26N4O2/c21-17-11-5-3-9-15(17)19(25)23-13-7-1-2-8-14-24-20(26)16-10-4-6-12-18(16)22/h3-6,9-12H,1-2,7-8,13-14,21-22H2,(H,23,25)(H,24,26). The zero-order chi connectivity index (χ0) is 18.8. The van der Waals surface area contributed by atoms with Gasteiger partial charge >= 0.3 is 0 Å². The summed E-state index contributed by atoms with van der Waals surface area (Å²) < 4.78 is 0. The Morgan fingerprint density at radius 3 is 1.42 bits per heavy atom. The van der Waals surface area contributed by atoms with Gasteiger partial charge in [-0.05, 0) is 37.1 Å². The second-order valence-corrected chi connectivity index (χ2v) is 6.10. The van der Waals surface area contributed by atoms with Crippen molar-refractivity contribution in [3.8, 4) is 0 Å². The molecule has 0 aliphatic carbocycles. The van der Waals surface area contributed by atoms with Crippen LogP contribution < -0.4 is 22.1 Å². The number of nitrogens with one attached hydrogen (secondary N) is 2. The van der Waals surface area contributed by atoms with Crippen molar-refractivity contribution < 1.29 is 9.59 Å². The lowest BCUT2D eigenvalue weighted by molar-refractivity contribution is 0.0944. The van der Waals surface area contributed by atoms with E-state index in [0.717, 1.165) is 25.7 Å². The number of benzene rings is 2. The van der Waals surface area contributed by atoms with Gasteiger partial charge < -0.3 is 22.1 Å². The highest BCUT2D eigenvalue weighted by molar-refractivity contribution is 5.99. The van der Waals surface area contributed by atoms with Crippen molar-refractivity contribution in [3.63, 3.8) is 0 Å². The molecule has 6 heteroatoms. The molecule has 0 heterocycles. The first-order valence-corrected chi connectivity index (χ1v) is 8.85. The SMILES string of the molecule is Nc1ccccc1C(=O)NCCCCCCNC(=O)c1ccccc1N. The largest absolute Gasteiger partial charge is 0.398 e. The molecular weight excluding hydrogens is 328 g/mol. The number of amides is 2. The summed E-state index contributed by atoms with van der Waals surface area (Å²) in [5, 5.41) is 5.75. The molecule has 0 atom stereocenters. The van der Waals surface area contributed by atoms with Crippen molar-refractivity contribution in [3.05, 3.63) is 59.7 Å². The molecule has 26 heavy (non-hydrogen) atoms. The minimum Gasteiger partial charge on any atom is -0.398 e. The molecule has 0 aliphatic heterocycles. The molecule has 0 spiro atoms. The molecule has 0 aromatic heterocycles. The molecule has 0 saturated carbocycles. The Kier molecular flexibility index (Phi) is 7.49. The first-order chi connectivity index (χ1) is 12.6. The van der Waals surface area contributed by atoms with Gasteiger partial charge in [0, 0.05) is 24.5 Å². The molecule has 2 amide bonds. The smallest absolute Gasteiger partial charge is 0.253 e. The number of carbonyl (C=O) groups is 2. The van der Waals surface area contributed by atoms with Crippen molar-refractivity contribution in [2.45, 2.75) is 25.7 Å². The van der Waals surface area contributed by atoms with Gasteiger partial charge in [0.15, 0.2) is 0 Å². The van der Waals surface area contributed by atoms with Crippen LogP contribution in [0.1, 0.15) is 46.4 Å². The van der Waals surface area contributed by atoms with E-state index in [1.807, 2.05) is 0 Å². The van der Waals surface area contributed by atoms with E-state index >= 15 is 0 Å². The van der Waals surface area contributed by atoms with Crippen molar-refractivity contribution in [2.24, 2.45) is 0 Å². The predicted octanol–water partition coefficient (Wildman–Crippen LogP) is 2.57. The summed E-state index contributed by atoms with van der Waals surface area (Å²) in [5.74, 6) is -0.286. The number of nitrogens with two attached hydrogens (primary N) is 2. The Balaban J connectivity index is 1.55. The van der Waals surface area contributed by atoms with E-state index in [9.17, 15) is 9.59 Å². The quantitative estimate of drug-likeness (QED) is 0.410. The van der Waals surface area contributed by atoms with Gasteiger partial charge in [-0.25, -0.2) is 0 Å². The minimum atomic E-state index is -0.143. The summed E-state index contributed by atoms with van der Waals surface area (Å²) in [6, 6.07) is 14.1. The monoisotopic (exact) mass is 354 g/mol. The second-order valence-electron chi connectivity index (χ2n) is 6.10. The molecule has 0 fully saturated rings. The molecule has 2 aromatic rings. The van der Waals surface area contributed by atoms with Crippen LogP contribution >= 0.6 is 0 Å². The molecule has 0 radical (unpaired) electrons. The molecule has 2 aromatic carbocycles. The maximum atomic E-state index is 12.0. The van der Waals surface area contributed by atoms with Crippen LogP contribution in [0.2, 0.25) is 0 Å². The average Bonchev–Trinajstić information content (AvgIpc) is 2.64. The predicted molar refractivity (Wildman–Crippen MR) is 105 cm³/mol. The van der Waals surface area contributed by atoms with Crippen LogP contribution in [-0.4, -0.2) is 24.9 Å². The third-order valence-electron chi connectivity index (χ3n) is 4.09. The number of carbonyl (C=O) groups excluding carboxylic acids is 2. The van der Waals surface area contributed by atoms with Crippen LogP contribution in [-0.2, 0) is 0 Å². The van der Waals surface area contributed by atoms with Crippen LogP contribution in [0.25, 0.3) is 0 Å². The number of para-hydroxylation sites is 2. The Morgan fingerprint density at radius 1 is 0.654 bits per heavy atom. The zero-order valence-corrected chi connectivity index (χ0v) is 14.8. The Hall–Kier alpha value is -3.02. The first-order valence-electron chi connectivity index (χ1n) is 8.85. The fraction of sp³-hybridized carbons (Fsp3) is 0.300. The molecular formula is C20H26N4O2. The molecule has 6 nitrogen and oxygen atoms in total. The summed E-state index contributed by atoms with van der Waals surface area (Å²) in [4.78, 5) is 24.0. The molecule has 0 bridgehead atoms. The van der Waals surface area contributed by atoms with Crippen LogP contribution in [0.5, 0.6) is 0 Å². The van der Waals surface area contributed by atoms with E-state index in [1.165, 1.54) is 0 Å². The van der Waals surface area contributed by atoms with Gasteiger partial charge in [-0.3, -0.25) is 9.59 Å². The van der Waals surface area contributed by atoms with Gasteiger partial charge in [0.25, 0.3) is 11.8 Å². The van der Waals surface area contributed by atoms with Gasteiger partial charge in [0.1, 0.15) is 0 Å². The van der Waals surface area contributed by atoms with Crippen molar-refractivity contribution in [2.75, 3.05) is 24.6 Å². The fourth-order valence-corrected chi connectivity index (χ4v) is 2.61. The maximum absolute atomic E-state index is 12.0. The summed E-state index contributed by atoms with van der Waals surface area (Å²) in [5.41, 5.74) is 13.5. The summed E-state index contributed by atoms with van der Waals surface area (Å²) in [7, 11) is 0. The van der Waals surface area contributed by atoms with E-state index in [1.54, 1.807) is 48.5 Å². The van der Waals surface area contributed by atoms with Crippen molar-refractivity contribution in [1.82, 2.24) is 10.6 Å². The van der Waals surface area contributed by atoms with Crippen LogP contribution in [0.4, 0.5) is 11.4 Å². The summed E-state index contributed by atoms with van der Waals surface area (Å²) >= 11 is 0. The van der Waals surface area contributed by atoms with E-state index in [4.69, 9.17) is 11.5 Å².